The summed E-state index contributed by atoms with van der Waals surface area (Å²) in [7, 11) is -3.01. The molecule has 0 spiro atoms. The molecule has 1 fully saturated rings. The monoisotopic (exact) mass is 345 g/mol. The van der Waals surface area contributed by atoms with Crippen LogP contribution in [-0.2, 0) is 21.1 Å². The van der Waals surface area contributed by atoms with Crippen molar-refractivity contribution < 1.29 is 13.2 Å². The SMILES string of the molecule is CCS(=O)(=O)C1CN(C(=O)Cc2ccc(Br)cc2)C1. The molecule has 0 aromatic heterocycles. The average Bonchev–Trinajstić information content (AvgIpc) is 2.30. The van der Waals surface area contributed by atoms with Crippen molar-refractivity contribution in [3.63, 3.8) is 0 Å². The first kappa shape index (κ1) is 14.5. The number of carbonyl (C=O) groups excluding carboxylic acids is 1. The summed E-state index contributed by atoms with van der Waals surface area (Å²) in [6.07, 6.45) is 0.326. The second-order valence-electron chi connectivity index (χ2n) is 4.68. The van der Waals surface area contributed by atoms with Crippen LogP contribution in [-0.4, -0.2) is 43.3 Å². The molecular weight excluding hydrogens is 330 g/mol. The normalized spacial score (nSPS) is 16.2. The Morgan fingerprint density at radius 3 is 2.42 bits per heavy atom. The van der Waals surface area contributed by atoms with Gasteiger partial charge in [-0.15, -0.1) is 0 Å². The first-order valence-corrected chi connectivity index (χ1v) is 8.67. The van der Waals surface area contributed by atoms with Gasteiger partial charge >= 0.3 is 0 Å². The van der Waals surface area contributed by atoms with Gasteiger partial charge in [0, 0.05) is 23.3 Å². The van der Waals surface area contributed by atoms with Crippen LogP contribution in [0.1, 0.15) is 12.5 Å². The van der Waals surface area contributed by atoms with Gasteiger partial charge in [0.2, 0.25) is 5.91 Å². The summed E-state index contributed by atoms with van der Waals surface area (Å²) in [5.41, 5.74) is 0.940. The third-order valence-electron chi connectivity index (χ3n) is 3.38. The molecule has 2 rings (SSSR count). The molecule has 104 valence electrons. The molecule has 1 amide bonds. The van der Waals surface area contributed by atoms with E-state index in [1.165, 1.54) is 0 Å². The molecule has 1 aliphatic heterocycles. The summed E-state index contributed by atoms with van der Waals surface area (Å²) in [6, 6.07) is 7.57. The molecule has 1 aromatic carbocycles. The molecule has 0 saturated carbocycles. The van der Waals surface area contributed by atoms with E-state index in [4.69, 9.17) is 0 Å². The molecule has 1 heterocycles. The van der Waals surface area contributed by atoms with Crippen LogP contribution in [0.5, 0.6) is 0 Å². The van der Waals surface area contributed by atoms with Gasteiger partial charge in [-0.25, -0.2) is 8.42 Å². The number of carbonyl (C=O) groups is 1. The summed E-state index contributed by atoms with van der Waals surface area (Å²) >= 11 is 3.34. The first-order valence-electron chi connectivity index (χ1n) is 6.16. The lowest BCUT2D eigenvalue weighted by atomic mass is 10.1. The summed E-state index contributed by atoms with van der Waals surface area (Å²) in [5.74, 6) is 0.136. The zero-order valence-corrected chi connectivity index (χ0v) is 13.1. The summed E-state index contributed by atoms with van der Waals surface area (Å²) < 4.78 is 24.2. The van der Waals surface area contributed by atoms with E-state index in [0.29, 0.717) is 19.5 Å². The molecule has 4 nitrogen and oxygen atoms in total. The van der Waals surface area contributed by atoms with E-state index in [9.17, 15) is 13.2 Å². The highest BCUT2D eigenvalue weighted by atomic mass is 79.9. The van der Waals surface area contributed by atoms with Crippen molar-refractivity contribution in [1.29, 1.82) is 0 Å². The number of likely N-dealkylation sites (tertiary alicyclic amines) is 1. The number of sulfone groups is 1. The van der Waals surface area contributed by atoms with Crippen molar-refractivity contribution in [3.8, 4) is 0 Å². The fraction of sp³-hybridized carbons (Fsp3) is 0.462. The second kappa shape index (κ2) is 5.63. The maximum absolute atomic E-state index is 12.0. The van der Waals surface area contributed by atoms with Gasteiger partial charge in [0.25, 0.3) is 0 Å². The third kappa shape index (κ3) is 3.36. The van der Waals surface area contributed by atoms with Crippen molar-refractivity contribution in [2.75, 3.05) is 18.8 Å². The van der Waals surface area contributed by atoms with Gasteiger partial charge in [-0.3, -0.25) is 4.79 Å². The molecule has 6 heteroatoms. The molecule has 0 bridgehead atoms. The molecule has 1 aromatic rings. The summed E-state index contributed by atoms with van der Waals surface area (Å²) in [5, 5.41) is -0.369. The van der Waals surface area contributed by atoms with Crippen LogP contribution >= 0.6 is 15.9 Å². The highest BCUT2D eigenvalue weighted by Gasteiger charge is 2.38. The topological polar surface area (TPSA) is 54.5 Å². The van der Waals surface area contributed by atoms with Crippen molar-refractivity contribution in [3.05, 3.63) is 34.3 Å². The molecule has 0 aliphatic carbocycles. The smallest absolute Gasteiger partial charge is 0.227 e. The molecule has 0 N–H and O–H groups in total. The lowest BCUT2D eigenvalue weighted by Crippen LogP contribution is -2.57. The van der Waals surface area contributed by atoms with Crippen LogP contribution in [0.4, 0.5) is 0 Å². The van der Waals surface area contributed by atoms with Crippen LogP contribution in [0.2, 0.25) is 0 Å². The Morgan fingerprint density at radius 1 is 1.32 bits per heavy atom. The average molecular weight is 346 g/mol. The van der Waals surface area contributed by atoms with E-state index in [1.807, 2.05) is 24.3 Å². The summed E-state index contributed by atoms with van der Waals surface area (Å²) in [4.78, 5) is 13.6. The van der Waals surface area contributed by atoms with E-state index in [-0.39, 0.29) is 16.9 Å². The summed E-state index contributed by atoms with van der Waals surface area (Å²) in [6.45, 7) is 2.32. The quantitative estimate of drug-likeness (QED) is 0.833. The second-order valence-corrected chi connectivity index (χ2v) is 8.16. The van der Waals surface area contributed by atoms with Crippen LogP contribution in [0.3, 0.4) is 0 Å². The molecule has 19 heavy (non-hydrogen) atoms. The first-order chi connectivity index (χ1) is 8.92. The number of halogens is 1. The van der Waals surface area contributed by atoms with Crippen molar-refractivity contribution >= 4 is 31.7 Å². The van der Waals surface area contributed by atoms with Gasteiger partial charge in [-0.05, 0) is 17.7 Å². The van der Waals surface area contributed by atoms with E-state index in [0.717, 1.165) is 10.0 Å². The minimum absolute atomic E-state index is 0.00937. The Hall–Kier alpha value is -0.880. The standard InChI is InChI=1S/C13H16BrNO3S/c1-2-19(17,18)12-8-15(9-12)13(16)7-10-3-5-11(14)6-4-10/h3-6,12H,2,7-9H2,1H3. The Bertz CT molecular complexity index is 562. The molecule has 1 saturated heterocycles. The molecule has 1 aliphatic rings. The minimum Gasteiger partial charge on any atom is -0.340 e. The lowest BCUT2D eigenvalue weighted by molar-refractivity contribution is -0.133. The van der Waals surface area contributed by atoms with Crippen molar-refractivity contribution in [2.45, 2.75) is 18.6 Å². The molecular formula is C13H16BrNO3S. The Kier molecular flexibility index (Phi) is 4.30. The fourth-order valence-electron chi connectivity index (χ4n) is 1.99. The number of rotatable bonds is 4. The zero-order valence-electron chi connectivity index (χ0n) is 10.7. The Balaban J connectivity index is 1.89. The highest BCUT2D eigenvalue weighted by Crippen LogP contribution is 2.19. The van der Waals surface area contributed by atoms with Gasteiger partial charge in [-0.2, -0.15) is 0 Å². The van der Waals surface area contributed by atoms with Gasteiger partial charge in [0.15, 0.2) is 9.84 Å². The van der Waals surface area contributed by atoms with E-state index >= 15 is 0 Å². The molecule has 0 atom stereocenters. The number of nitrogens with zero attached hydrogens (tertiary/aromatic N) is 1. The highest BCUT2D eigenvalue weighted by molar-refractivity contribution is 9.10. The van der Waals surface area contributed by atoms with Crippen LogP contribution in [0.15, 0.2) is 28.7 Å². The van der Waals surface area contributed by atoms with E-state index in [1.54, 1.807) is 11.8 Å². The number of benzene rings is 1. The Labute approximate surface area is 121 Å². The van der Waals surface area contributed by atoms with Crippen LogP contribution in [0.25, 0.3) is 0 Å². The van der Waals surface area contributed by atoms with Gasteiger partial charge in [0.05, 0.1) is 11.7 Å². The molecule has 0 unspecified atom stereocenters. The van der Waals surface area contributed by atoms with Gasteiger partial charge in [-0.1, -0.05) is 35.0 Å². The van der Waals surface area contributed by atoms with Crippen LogP contribution in [0, 0.1) is 0 Å². The van der Waals surface area contributed by atoms with Crippen LogP contribution < -0.4 is 0 Å². The van der Waals surface area contributed by atoms with E-state index in [2.05, 4.69) is 15.9 Å². The largest absolute Gasteiger partial charge is 0.340 e. The maximum atomic E-state index is 12.0. The number of amides is 1. The van der Waals surface area contributed by atoms with Crippen molar-refractivity contribution in [1.82, 2.24) is 4.90 Å². The predicted molar refractivity (Wildman–Crippen MR) is 77.7 cm³/mol. The van der Waals surface area contributed by atoms with Crippen molar-refractivity contribution in [2.24, 2.45) is 0 Å². The molecule has 0 radical (unpaired) electrons. The maximum Gasteiger partial charge on any atom is 0.227 e. The minimum atomic E-state index is -3.01. The lowest BCUT2D eigenvalue weighted by Gasteiger charge is -2.38. The zero-order chi connectivity index (χ0) is 14.0. The predicted octanol–water partition coefficient (Wildman–Crippen LogP) is 1.64. The fourth-order valence-corrected chi connectivity index (χ4v) is 3.54. The van der Waals surface area contributed by atoms with Gasteiger partial charge in [0.1, 0.15) is 0 Å². The number of hydrogen-bond donors (Lipinski definition) is 0. The van der Waals surface area contributed by atoms with Gasteiger partial charge < -0.3 is 4.90 Å². The Morgan fingerprint density at radius 2 is 1.89 bits per heavy atom. The number of hydrogen-bond acceptors (Lipinski definition) is 3. The van der Waals surface area contributed by atoms with E-state index < -0.39 is 9.84 Å². The third-order valence-corrected chi connectivity index (χ3v) is 6.03.